The van der Waals surface area contributed by atoms with Crippen molar-refractivity contribution in [3.63, 3.8) is 0 Å². The number of fused-ring (bicyclic) bond motifs is 2. The largest absolute Gasteiger partial charge is 0.507 e. The summed E-state index contributed by atoms with van der Waals surface area (Å²) in [6, 6.07) is 48.7. The molecule has 0 spiro atoms. The van der Waals surface area contributed by atoms with E-state index in [9.17, 15) is 5.11 Å². The lowest BCUT2D eigenvalue weighted by atomic mass is 9.62. The summed E-state index contributed by atoms with van der Waals surface area (Å²) in [7, 11) is 0. The maximum atomic E-state index is 12.8. The highest BCUT2D eigenvalue weighted by molar-refractivity contribution is 5.98. The Morgan fingerprint density at radius 1 is 0.500 bits per heavy atom. The summed E-state index contributed by atoms with van der Waals surface area (Å²) in [4.78, 5) is 10.7. The average Bonchev–Trinajstić information content (AvgIpc) is 3.66. The highest BCUT2D eigenvalue weighted by atomic mass is 16.3. The van der Waals surface area contributed by atoms with Crippen molar-refractivity contribution in [1.82, 2.24) is 14.5 Å². The first kappa shape index (κ1) is 44.9. The highest BCUT2D eigenvalue weighted by Gasteiger charge is 2.40. The van der Waals surface area contributed by atoms with Gasteiger partial charge in [-0.15, -0.1) is 0 Å². The van der Waals surface area contributed by atoms with E-state index >= 15 is 0 Å². The molecule has 4 nitrogen and oxygen atoms in total. The van der Waals surface area contributed by atoms with E-state index in [0.717, 1.165) is 85.6 Å². The first-order valence-corrected chi connectivity index (χ1v) is 23.8. The number of nitrogens with zero attached hydrogens (tertiary/aromatic N) is 3. The van der Waals surface area contributed by atoms with Crippen LogP contribution in [0.25, 0.3) is 72.7 Å². The minimum Gasteiger partial charge on any atom is -0.507 e. The van der Waals surface area contributed by atoms with Crippen LogP contribution in [0.5, 0.6) is 5.75 Å². The van der Waals surface area contributed by atoms with Crippen molar-refractivity contribution < 1.29 is 5.11 Å². The van der Waals surface area contributed by atoms with Crippen molar-refractivity contribution >= 4 is 11.0 Å². The zero-order chi connectivity index (χ0) is 47.1. The lowest BCUT2D eigenvalue weighted by molar-refractivity contribution is 0.318. The van der Waals surface area contributed by atoms with E-state index in [0.29, 0.717) is 5.75 Å². The molecule has 0 saturated heterocycles. The van der Waals surface area contributed by atoms with Crippen molar-refractivity contribution in [3.05, 3.63) is 167 Å². The van der Waals surface area contributed by atoms with Crippen LogP contribution in [0.1, 0.15) is 131 Å². The lowest BCUT2D eigenvalue weighted by Crippen LogP contribution is -2.34. The summed E-state index contributed by atoms with van der Waals surface area (Å²) in [5.41, 5.74) is 17.9. The molecule has 0 fully saturated rings. The van der Waals surface area contributed by atoms with Gasteiger partial charge in [-0.1, -0.05) is 175 Å². The second-order valence-electron chi connectivity index (χ2n) is 23.3. The second-order valence-corrected chi connectivity index (χ2v) is 23.3. The number of phenolic OH excluding ortho intramolecular Hbond substituents is 1. The molecule has 0 amide bonds. The fourth-order valence-electron chi connectivity index (χ4n) is 10.0. The number of hydrogen-bond acceptors (Lipinski definition) is 3. The Bertz CT molecular complexity index is 3120. The third-order valence-electron chi connectivity index (χ3n) is 14.3. The van der Waals surface area contributed by atoms with Gasteiger partial charge in [-0.3, -0.25) is 9.55 Å². The molecule has 0 aliphatic heterocycles. The van der Waals surface area contributed by atoms with E-state index in [1.165, 1.54) is 27.8 Å². The van der Waals surface area contributed by atoms with Gasteiger partial charge in [0, 0.05) is 28.5 Å². The molecular weight excluding hydrogens is 803 g/mol. The minimum atomic E-state index is -0.207. The number of benzene rings is 6. The molecule has 0 atom stereocenters. The molecule has 0 bridgehead atoms. The van der Waals surface area contributed by atoms with E-state index in [1.54, 1.807) is 0 Å². The van der Waals surface area contributed by atoms with Gasteiger partial charge in [0.05, 0.1) is 28.0 Å². The fourth-order valence-corrected chi connectivity index (χ4v) is 10.0. The molecule has 0 saturated carbocycles. The van der Waals surface area contributed by atoms with Gasteiger partial charge in [0.15, 0.2) is 0 Å². The topological polar surface area (TPSA) is 50.9 Å². The van der Waals surface area contributed by atoms with Crippen LogP contribution in [0.3, 0.4) is 0 Å². The van der Waals surface area contributed by atoms with Crippen LogP contribution in [0, 0.1) is 0 Å². The number of hydrogen-bond donors (Lipinski definition) is 1. The van der Waals surface area contributed by atoms with E-state index in [4.69, 9.17) is 9.97 Å². The van der Waals surface area contributed by atoms with E-state index in [-0.39, 0.29) is 27.1 Å². The van der Waals surface area contributed by atoms with Crippen LogP contribution in [-0.2, 0) is 27.1 Å². The zero-order valence-electron chi connectivity index (χ0n) is 41.5. The van der Waals surface area contributed by atoms with Crippen molar-refractivity contribution in [2.24, 2.45) is 0 Å². The Labute approximate surface area is 393 Å². The number of aromatic nitrogens is 3. The number of pyridine rings is 1. The Balaban J connectivity index is 1.31. The Hall–Kier alpha value is -6.26. The summed E-state index contributed by atoms with van der Waals surface area (Å²) in [5.74, 6) is 1.05. The summed E-state index contributed by atoms with van der Waals surface area (Å²) in [6.07, 6.45) is 3.99. The Morgan fingerprint density at radius 3 is 1.83 bits per heavy atom. The Kier molecular flexibility index (Phi) is 10.9. The van der Waals surface area contributed by atoms with Crippen molar-refractivity contribution in [3.8, 4) is 67.5 Å². The van der Waals surface area contributed by atoms with E-state index in [1.807, 2.05) is 6.20 Å². The molecule has 66 heavy (non-hydrogen) atoms. The quantitative estimate of drug-likeness (QED) is 0.181. The van der Waals surface area contributed by atoms with Gasteiger partial charge in [0.2, 0.25) is 0 Å². The molecule has 9 rings (SSSR count). The fraction of sp³-hybridized carbons (Fsp3) is 0.323. The van der Waals surface area contributed by atoms with Gasteiger partial charge in [0.25, 0.3) is 0 Å². The molecule has 2 aromatic heterocycles. The molecular formula is C62H67N3O. The van der Waals surface area contributed by atoms with Gasteiger partial charge < -0.3 is 5.11 Å². The van der Waals surface area contributed by atoms with Crippen LogP contribution in [-0.4, -0.2) is 19.6 Å². The third kappa shape index (κ3) is 8.18. The number of para-hydroxylation sites is 1. The van der Waals surface area contributed by atoms with Gasteiger partial charge >= 0.3 is 0 Å². The van der Waals surface area contributed by atoms with Gasteiger partial charge in [-0.05, 0) is 133 Å². The zero-order valence-corrected chi connectivity index (χ0v) is 41.5. The van der Waals surface area contributed by atoms with Crippen LogP contribution in [0.2, 0.25) is 0 Å². The predicted octanol–water partition coefficient (Wildman–Crippen LogP) is 16.7. The van der Waals surface area contributed by atoms with Crippen LogP contribution < -0.4 is 0 Å². The predicted molar refractivity (Wildman–Crippen MR) is 279 cm³/mol. The third-order valence-corrected chi connectivity index (χ3v) is 14.3. The lowest BCUT2D eigenvalue weighted by Gasteiger charge is -2.42. The van der Waals surface area contributed by atoms with E-state index in [2.05, 4.69) is 228 Å². The van der Waals surface area contributed by atoms with Gasteiger partial charge in [-0.25, -0.2) is 4.98 Å². The molecule has 0 unspecified atom stereocenters. The molecule has 0 radical (unpaired) electrons. The van der Waals surface area contributed by atoms with Crippen molar-refractivity contribution in [2.75, 3.05) is 0 Å². The van der Waals surface area contributed by atoms with Crippen molar-refractivity contribution in [2.45, 2.75) is 130 Å². The van der Waals surface area contributed by atoms with Gasteiger partial charge in [0.1, 0.15) is 11.6 Å². The van der Waals surface area contributed by atoms with Crippen molar-refractivity contribution in [1.29, 1.82) is 0 Å². The normalized spacial score (nSPS) is 14.9. The number of rotatable bonds is 6. The Morgan fingerprint density at radius 2 is 1.15 bits per heavy atom. The number of phenols is 1. The average molecular weight is 870 g/mol. The molecule has 8 aromatic rings. The summed E-state index contributed by atoms with van der Waals surface area (Å²) in [5, 5.41) is 12.8. The first-order chi connectivity index (χ1) is 31.0. The minimum absolute atomic E-state index is 0.0571. The first-order valence-electron chi connectivity index (χ1n) is 23.8. The summed E-state index contributed by atoms with van der Waals surface area (Å²) in [6.45, 7) is 29.6. The molecule has 336 valence electrons. The standard InChI is InChI=1S/C62H67N3O/c1-58(2,3)44-24-22-39(23-25-44)41-30-33-63-51(37-41)43-34-42(35-46(36-43)60(7,8)9)47-20-17-21-53-55(47)64-57(48-27-28-50-54(56(48)66)62(12,13)32-31-61(50,10)11)65(53)52-29-26-45(59(4,5)6)38-49(52)40-18-15-14-16-19-40/h14-30,33-38,66H,31-32H2,1-13H3. The van der Waals surface area contributed by atoms with E-state index < -0.39 is 0 Å². The number of imidazole rings is 1. The van der Waals surface area contributed by atoms with Crippen LogP contribution in [0.4, 0.5) is 0 Å². The smallest absolute Gasteiger partial charge is 0.149 e. The molecule has 6 aromatic carbocycles. The summed E-state index contributed by atoms with van der Waals surface area (Å²) < 4.78 is 2.31. The molecule has 1 aliphatic rings. The van der Waals surface area contributed by atoms with Crippen LogP contribution in [0.15, 0.2) is 140 Å². The monoisotopic (exact) mass is 870 g/mol. The molecule has 2 heterocycles. The second kappa shape index (κ2) is 16.0. The maximum absolute atomic E-state index is 12.8. The number of aromatic hydroxyl groups is 1. The molecule has 1 N–H and O–H groups in total. The SMILES string of the molecule is CC(C)(C)c1ccc(-c2ccnc(-c3cc(-c4cccc5c4nc(-c4ccc6c(c4O)C(C)(C)CCC6(C)C)n5-c4ccc(C(C)(C)C)cc4-c4ccccc4)cc(C(C)(C)C)c3)c2)cc1. The van der Waals surface area contributed by atoms with Crippen LogP contribution >= 0.6 is 0 Å². The maximum Gasteiger partial charge on any atom is 0.149 e. The molecule has 4 heteroatoms. The molecule has 1 aliphatic carbocycles. The van der Waals surface area contributed by atoms with Gasteiger partial charge in [-0.2, -0.15) is 0 Å². The highest BCUT2D eigenvalue weighted by Crippen LogP contribution is 2.52. The summed E-state index contributed by atoms with van der Waals surface area (Å²) >= 11 is 0.